The molecule has 1 atom stereocenters. The number of hydrogen-bond donors (Lipinski definition) is 0. The minimum atomic E-state index is -0.837. The van der Waals surface area contributed by atoms with Gasteiger partial charge >= 0.3 is 0 Å². The van der Waals surface area contributed by atoms with E-state index in [2.05, 4.69) is 0 Å². The normalized spacial score (nSPS) is 11.8. The largest absolute Gasteiger partial charge is 0.494 e. The van der Waals surface area contributed by atoms with Crippen molar-refractivity contribution in [3.8, 4) is 11.5 Å². The molecule has 0 fully saturated rings. The van der Waals surface area contributed by atoms with Crippen LogP contribution in [0.4, 0.5) is 8.78 Å². The summed E-state index contributed by atoms with van der Waals surface area (Å²) in [7, 11) is 2.96. The first-order valence-electron chi connectivity index (χ1n) is 7.51. The summed E-state index contributed by atoms with van der Waals surface area (Å²) in [4.78, 5) is 13.8. The van der Waals surface area contributed by atoms with Crippen LogP contribution in [0, 0.1) is 11.6 Å². The summed E-state index contributed by atoms with van der Waals surface area (Å²) >= 11 is 5.89. The van der Waals surface area contributed by atoms with Gasteiger partial charge in [0.15, 0.2) is 17.7 Å². The zero-order valence-corrected chi connectivity index (χ0v) is 14.8. The Kier molecular flexibility index (Phi) is 6.20. The van der Waals surface area contributed by atoms with Crippen molar-refractivity contribution in [2.24, 2.45) is 0 Å². The Morgan fingerprint density at radius 3 is 2.48 bits per heavy atom. The zero-order chi connectivity index (χ0) is 18.6. The van der Waals surface area contributed by atoms with Gasteiger partial charge in [0, 0.05) is 13.6 Å². The number of rotatable bonds is 6. The van der Waals surface area contributed by atoms with Crippen LogP contribution in [0.2, 0.25) is 5.02 Å². The molecule has 0 N–H and O–H groups in total. The molecular weight excluding hydrogens is 352 g/mol. The fourth-order valence-corrected chi connectivity index (χ4v) is 2.49. The maximum atomic E-state index is 13.7. The van der Waals surface area contributed by atoms with Gasteiger partial charge in [-0.2, -0.15) is 0 Å². The lowest BCUT2D eigenvalue weighted by molar-refractivity contribution is -0.137. The Balaban J connectivity index is 2.02. The van der Waals surface area contributed by atoms with E-state index in [0.29, 0.717) is 5.56 Å². The highest BCUT2D eigenvalue weighted by Gasteiger charge is 2.21. The van der Waals surface area contributed by atoms with Gasteiger partial charge in [0.2, 0.25) is 0 Å². The van der Waals surface area contributed by atoms with Gasteiger partial charge in [0.05, 0.1) is 12.1 Å². The first-order valence-corrected chi connectivity index (χ1v) is 7.88. The van der Waals surface area contributed by atoms with E-state index in [0.717, 1.165) is 6.07 Å². The second kappa shape index (κ2) is 8.16. The standard InChI is InChI=1S/C18H18ClF2NO3/c1-11(25-16-7-5-13(20)9-14(16)19)18(23)22(2)10-12-4-6-17(24-3)15(21)8-12/h4-9,11H,10H2,1-3H3. The lowest BCUT2D eigenvalue weighted by atomic mass is 10.2. The number of halogens is 3. The molecule has 2 aromatic rings. The maximum Gasteiger partial charge on any atom is 0.263 e. The molecule has 0 saturated carbocycles. The van der Waals surface area contributed by atoms with E-state index < -0.39 is 17.7 Å². The van der Waals surface area contributed by atoms with Gasteiger partial charge < -0.3 is 14.4 Å². The van der Waals surface area contributed by atoms with Gasteiger partial charge in [-0.3, -0.25) is 4.79 Å². The fraction of sp³-hybridized carbons (Fsp3) is 0.278. The van der Waals surface area contributed by atoms with Crippen LogP contribution in [0.3, 0.4) is 0 Å². The van der Waals surface area contributed by atoms with Crippen molar-refractivity contribution in [2.45, 2.75) is 19.6 Å². The number of benzene rings is 2. The van der Waals surface area contributed by atoms with Crippen LogP contribution in [0.5, 0.6) is 11.5 Å². The summed E-state index contributed by atoms with van der Waals surface area (Å²) in [6.45, 7) is 1.76. The number of amides is 1. The zero-order valence-electron chi connectivity index (χ0n) is 14.1. The second-order valence-corrected chi connectivity index (χ2v) is 5.91. The number of methoxy groups -OCH3 is 1. The molecule has 25 heavy (non-hydrogen) atoms. The van der Waals surface area contributed by atoms with Crippen molar-refractivity contribution < 1.29 is 23.0 Å². The van der Waals surface area contributed by atoms with Crippen LogP contribution in [-0.2, 0) is 11.3 Å². The Morgan fingerprint density at radius 1 is 1.20 bits per heavy atom. The molecule has 0 heterocycles. The van der Waals surface area contributed by atoms with Gasteiger partial charge in [-0.15, -0.1) is 0 Å². The van der Waals surface area contributed by atoms with Gasteiger partial charge in [-0.05, 0) is 42.8 Å². The van der Waals surface area contributed by atoms with Crippen molar-refractivity contribution in [3.63, 3.8) is 0 Å². The van der Waals surface area contributed by atoms with Crippen molar-refractivity contribution in [1.82, 2.24) is 4.90 Å². The molecule has 7 heteroatoms. The van der Waals surface area contributed by atoms with Crippen LogP contribution < -0.4 is 9.47 Å². The molecule has 4 nitrogen and oxygen atoms in total. The molecule has 0 radical (unpaired) electrons. The van der Waals surface area contributed by atoms with Crippen molar-refractivity contribution >= 4 is 17.5 Å². The minimum absolute atomic E-state index is 0.0829. The van der Waals surface area contributed by atoms with Crippen LogP contribution in [-0.4, -0.2) is 31.1 Å². The van der Waals surface area contributed by atoms with Gasteiger partial charge in [-0.25, -0.2) is 8.78 Å². The highest BCUT2D eigenvalue weighted by Crippen LogP contribution is 2.26. The molecule has 0 saturated heterocycles. The molecule has 0 aliphatic carbocycles. The van der Waals surface area contributed by atoms with E-state index >= 15 is 0 Å². The van der Waals surface area contributed by atoms with E-state index in [1.54, 1.807) is 20.0 Å². The molecule has 1 amide bonds. The Bertz CT molecular complexity index is 770. The molecule has 134 valence electrons. The molecule has 0 spiro atoms. The third kappa shape index (κ3) is 4.82. The van der Waals surface area contributed by atoms with E-state index in [1.807, 2.05) is 0 Å². The fourth-order valence-electron chi connectivity index (χ4n) is 2.28. The second-order valence-electron chi connectivity index (χ2n) is 5.50. The lowest BCUT2D eigenvalue weighted by Gasteiger charge is -2.22. The number of likely N-dealkylation sites (N-methyl/N-ethyl adjacent to an activating group) is 1. The summed E-state index contributed by atoms with van der Waals surface area (Å²) in [6, 6.07) is 8.15. The minimum Gasteiger partial charge on any atom is -0.494 e. The molecule has 0 bridgehead atoms. The number of carbonyl (C=O) groups excluding carboxylic acids is 1. The van der Waals surface area contributed by atoms with Gasteiger partial charge in [0.25, 0.3) is 5.91 Å². The molecule has 1 unspecified atom stereocenters. The third-order valence-electron chi connectivity index (χ3n) is 3.56. The number of nitrogens with zero attached hydrogens (tertiary/aromatic N) is 1. The quantitative estimate of drug-likeness (QED) is 0.771. The molecule has 0 aromatic heterocycles. The van der Waals surface area contributed by atoms with E-state index in [-0.39, 0.29) is 29.0 Å². The highest BCUT2D eigenvalue weighted by atomic mass is 35.5. The molecule has 2 rings (SSSR count). The third-order valence-corrected chi connectivity index (χ3v) is 3.85. The molecule has 2 aromatic carbocycles. The SMILES string of the molecule is COc1ccc(CN(C)C(=O)C(C)Oc2ccc(F)cc2Cl)cc1F. The Morgan fingerprint density at radius 2 is 1.88 bits per heavy atom. The van der Waals surface area contributed by atoms with Crippen molar-refractivity contribution in [2.75, 3.05) is 14.2 Å². The van der Waals surface area contributed by atoms with Gasteiger partial charge in [-0.1, -0.05) is 17.7 Å². The lowest BCUT2D eigenvalue weighted by Crippen LogP contribution is -2.37. The average molecular weight is 370 g/mol. The average Bonchev–Trinajstić information content (AvgIpc) is 2.56. The topological polar surface area (TPSA) is 38.8 Å². The monoisotopic (exact) mass is 369 g/mol. The van der Waals surface area contributed by atoms with Crippen LogP contribution >= 0.6 is 11.6 Å². The van der Waals surface area contributed by atoms with E-state index in [4.69, 9.17) is 21.1 Å². The number of hydrogen-bond acceptors (Lipinski definition) is 3. The maximum absolute atomic E-state index is 13.7. The van der Waals surface area contributed by atoms with Gasteiger partial charge in [0.1, 0.15) is 11.6 Å². The molecule has 0 aliphatic heterocycles. The van der Waals surface area contributed by atoms with Crippen LogP contribution in [0.1, 0.15) is 12.5 Å². The van der Waals surface area contributed by atoms with E-state index in [1.165, 1.54) is 36.3 Å². The van der Waals surface area contributed by atoms with E-state index in [9.17, 15) is 13.6 Å². The Hall–Kier alpha value is -2.34. The predicted octanol–water partition coefficient (Wildman–Crippen LogP) is 4.05. The molecular formula is C18H18ClF2NO3. The number of carbonyl (C=O) groups is 1. The number of ether oxygens (including phenoxy) is 2. The van der Waals surface area contributed by atoms with Crippen LogP contribution in [0.15, 0.2) is 36.4 Å². The highest BCUT2D eigenvalue weighted by molar-refractivity contribution is 6.32. The summed E-state index contributed by atoms with van der Waals surface area (Å²) in [6.07, 6.45) is -0.837. The predicted molar refractivity (Wildman–Crippen MR) is 90.9 cm³/mol. The summed E-state index contributed by atoms with van der Waals surface area (Å²) in [5.74, 6) is -0.956. The smallest absolute Gasteiger partial charge is 0.263 e. The Labute approximate surface area is 149 Å². The summed E-state index contributed by atoms with van der Waals surface area (Å²) in [5, 5.41) is 0.0829. The molecule has 0 aliphatic rings. The first-order chi connectivity index (χ1) is 11.8. The first kappa shape index (κ1) is 19.0. The summed E-state index contributed by atoms with van der Waals surface area (Å²) in [5.41, 5.74) is 0.612. The van der Waals surface area contributed by atoms with Crippen LogP contribution in [0.25, 0.3) is 0 Å². The van der Waals surface area contributed by atoms with Crippen molar-refractivity contribution in [1.29, 1.82) is 0 Å². The summed E-state index contributed by atoms with van der Waals surface area (Å²) < 4.78 is 37.1. The van der Waals surface area contributed by atoms with Crippen molar-refractivity contribution in [3.05, 3.63) is 58.6 Å².